The van der Waals surface area contributed by atoms with Gasteiger partial charge < -0.3 is 0 Å². The van der Waals surface area contributed by atoms with E-state index >= 15 is 0 Å². The molecule has 0 amide bonds. The Morgan fingerprint density at radius 2 is 1.23 bits per heavy atom. The maximum atomic E-state index is 4.88. The molecule has 0 aliphatic heterocycles. The average Bonchev–Trinajstić information content (AvgIpc) is 2.57. The fraction of sp³-hybridized carbons (Fsp3) is 0. The fourth-order valence-electron chi connectivity index (χ4n) is 1.84. The van der Waals surface area contributed by atoms with E-state index in [9.17, 15) is 0 Å². The van der Waals surface area contributed by atoms with Gasteiger partial charge in [-0.3, -0.25) is 15.0 Å². The van der Waals surface area contributed by atoms with E-state index in [0.717, 1.165) is 22.6 Å². The molecule has 3 aromatic heterocycles. The molecule has 22 heavy (non-hydrogen) atoms. The van der Waals surface area contributed by atoms with Crippen LogP contribution in [0.5, 0.6) is 0 Å². The minimum absolute atomic E-state index is 0. The predicted molar refractivity (Wildman–Crippen MR) is 89.7 cm³/mol. The molecule has 3 aromatic rings. The Bertz CT molecular complexity index is 611. The summed E-state index contributed by atoms with van der Waals surface area (Å²) in [5.74, 6) is 0. The summed E-state index contributed by atoms with van der Waals surface area (Å²) in [7, 11) is 9.75. The van der Waals surface area contributed by atoms with Crippen molar-refractivity contribution in [2.45, 2.75) is 0 Å². The summed E-state index contributed by atoms with van der Waals surface area (Å²) in [6.45, 7) is 0. The maximum absolute atomic E-state index is 4.88. The zero-order chi connectivity index (χ0) is 14.9. The van der Waals surface area contributed by atoms with Crippen LogP contribution >= 0.6 is 31.2 Å². The molecule has 0 spiro atoms. The van der Waals surface area contributed by atoms with Gasteiger partial charge in [-0.2, -0.15) is 0 Å². The Morgan fingerprint density at radius 1 is 0.682 bits per heavy atom. The molecular weight excluding hydrogens is 524 g/mol. The first-order valence-corrected chi connectivity index (χ1v) is 11.6. The van der Waals surface area contributed by atoms with Crippen molar-refractivity contribution >= 4 is 31.2 Å². The van der Waals surface area contributed by atoms with Gasteiger partial charge in [-0.25, -0.2) is 0 Å². The first-order valence-electron chi connectivity index (χ1n) is 5.97. The van der Waals surface area contributed by atoms with E-state index in [1.54, 1.807) is 18.6 Å². The molecule has 0 fully saturated rings. The molecule has 0 bridgehead atoms. The van der Waals surface area contributed by atoms with Crippen LogP contribution in [0.4, 0.5) is 0 Å². The summed E-state index contributed by atoms with van der Waals surface area (Å²) in [6, 6.07) is 15.6. The second-order valence-electron chi connectivity index (χ2n) is 3.87. The van der Waals surface area contributed by atoms with Gasteiger partial charge in [0.1, 0.15) is 0 Å². The number of hydrogen-bond donors (Lipinski definition) is 0. The molecule has 118 valence electrons. The molecule has 3 nitrogen and oxygen atoms in total. The van der Waals surface area contributed by atoms with Crippen molar-refractivity contribution in [2.75, 3.05) is 0 Å². The number of pyridine rings is 3. The summed E-state index contributed by atoms with van der Waals surface area (Å²) in [6.07, 6.45) is 5.33. The van der Waals surface area contributed by atoms with E-state index < -0.39 is 16.5 Å². The molecule has 0 saturated carbocycles. The summed E-state index contributed by atoms with van der Waals surface area (Å²) in [5.41, 5.74) is 3.62. The van der Waals surface area contributed by atoms with E-state index in [-0.39, 0.29) is 12.4 Å². The van der Waals surface area contributed by atoms with Crippen molar-refractivity contribution < 1.29 is 16.5 Å². The van der Waals surface area contributed by atoms with Crippen LogP contribution in [0.15, 0.2) is 67.1 Å². The van der Waals surface area contributed by atoms with E-state index in [1.807, 2.05) is 48.5 Å². The van der Waals surface area contributed by atoms with Crippen LogP contribution in [0, 0.1) is 0 Å². The topological polar surface area (TPSA) is 38.7 Å². The largest absolute Gasteiger partial charge is 0.256 e. The van der Waals surface area contributed by atoms with Crippen LogP contribution in [0.1, 0.15) is 0 Å². The number of nitrogens with zero attached hydrogens (tertiary/aromatic N) is 3. The fourth-order valence-corrected chi connectivity index (χ4v) is 1.84. The van der Waals surface area contributed by atoms with Crippen LogP contribution in [0.2, 0.25) is 0 Å². The second-order valence-corrected chi connectivity index (χ2v) is 7.16. The Balaban J connectivity index is 0.000000562. The Hall–Kier alpha value is -0.992. The quantitative estimate of drug-likeness (QED) is 0.464. The van der Waals surface area contributed by atoms with Crippen molar-refractivity contribution in [3.8, 4) is 22.6 Å². The molecule has 3 heterocycles. The molecule has 0 unspecified atom stereocenters. The number of hydrogen-bond acceptors (Lipinski definition) is 3. The normalized spacial score (nSPS) is 9.36. The molecule has 0 radical (unpaired) electrons. The first kappa shape index (κ1) is 19.1. The third-order valence-corrected chi connectivity index (χ3v) is 2.66. The van der Waals surface area contributed by atoms with Crippen LogP contribution in [-0.2, 0) is 16.5 Å². The molecule has 0 aliphatic carbocycles. The Morgan fingerprint density at radius 3 is 1.77 bits per heavy atom. The predicted octanol–water partition coefficient (Wildman–Crippen LogP) is 5.00. The summed E-state index contributed by atoms with van der Waals surface area (Å²) in [4.78, 5) is 13.1. The third-order valence-electron chi connectivity index (χ3n) is 2.66. The molecule has 0 atom stereocenters. The van der Waals surface area contributed by atoms with Gasteiger partial charge >= 0.3 is 35.3 Å². The van der Waals surface area contributed by atoms with E-state index in [0.29, 0.717) is 0 Å². The second kappa shape index (κ2) is 10.7. The van der Waals surface area contributed by atoms with Crippen LogP contribution < -0.4 is 0 Å². The van der Waals surface area contributed by atoms with Gasteiger partial charge in [0.15, 0.2) is 0 Å². The summed E-state index contributed by atoms with van der Waals surface area (Å²) >= 11 is -0.472. The minimum atomic E-state index is -0.472. The van der Waals surface area contributed by atoms with Crippen LogP contribution in [0.25, 0.3) is 22.6 Å². The molecule has 0 saturated heterocycles. The Labute approximate surface area is 151 Å². The SMILES string of the molecule is Cl.[Cl][Pt][Cl].c1ccc(-c2cccnc2-c2ccccn2)nc1. The molecule has 0 aromatic carbocycles. The standard InChI is InChI=1S/C15H11N3.3ClH.Pt/c1-3-9-16-13(7-1)12-6-5-11-18-15(12)14-8-2-4-10-17-14;;;;/h1-11H;3*1H;/q;;;;+2/p-2. The molecule has 3 rings (SSSR count). The molecular formula is C15H12Cl3N3Pt. The molecule has 0 N–H and O–H groups in total. The average molecular weight is 536 g/mol. The minimum Gasteiger partial charge on any atom is -0.256 e. The van der Waals surface area contributed by atoms with Gasteiger partial charge in [0, 0.05) is 24.2 Å². The summed E-state index contributed by atoms with van der Waals surface area (Å²) in [5, 5.41) is 0. The number of rotatable bonds is 2. The van der Waals surface area contributed by atoms with E-state index in [4.69, 9.17) is 18.8 Å². The van der Waals surface area contributed by atoms with Crippen molar-refractivity contribution in [3.63, 3.8) is 0 Å². The van der Waals surface area contributed by atoms with Gasteiger partial charge in [-0.1, -0.05) is 12.1 Å². The van der Waals surface area contributed by atoms with E-state index in [2.05, 4.69) is 15.0 Å². The van der Waals surface area contributed by atoms with Gasteiger partial charge in [0.2, 0.25) is 0 Å². The smallest absolute Gasteiger partial charge is 0.0980 e. The number of halogens is 3. The van der Waals surface area contributed by atoms with Crippen molar-refractivity contribution in [1.29, 1.82) is 0 Å². The zero-order valence-corrected chi connectivity index (χ0v) is 15.8. The van der Waals surface area contributed by atoms with Gasteiger partial charge in [0.25, 0.3) is 0 Å². The van der Waals surface area contributed by atoms with Gasteiger partial charge in [-0.05, 0) is 36.4 Å². The van der Waals surface area contributed by atoms with Gasteiger partial charge in [-0.15, -0.1) is 12.4 Å². The van der Waals surface area contributed by atoms with Crippen LogP contribution in [0.3, 0.4) is 0 Å². The van der Waals surface area contributed by atoms with Crippen molar-refractivity contribution in [3.05, 3.63) is 67.1 Å². The summed E-state index contributed by atoms with van der Waals surface area (Å²) < 4.78 is 0. The van der Waals surface area contributed by atoms with Crippen molar-refractivity contribution in [2.24, 2.45) is 0 Å². The first-order chi connectivity index (χ1) is 10.4. The van der Waals surface area contributed by atoms with Crippen molar-refractivity contribution in [1.82, 2.24) is 15.0 Å². The Kier molecular flexibility index (Phi) is 9.26. The number of aromatic nitrogens is 3. The van der Waals surface area contributed by atoms with E-state index in [1.165, 1.54) is 0 Å². The van der Waals surface area contributed by atoms with Crippen LogP contribution in [-0.4, -0.2) is 15.0 Å². The molecule has 7 heteroatoms. The third kappa shape index (κ3) is 5.33. The zero-order valence-electron chi connectivity index (χ0n) is 11.2. The monoisotopic (exact) mass is 534 g/mol. The molecule has 0 aliphatic rings. The maximum Gasteiger partial charge on any atom is 0.0980 e. The van der Waals surface area contributed by atoms with Gasteiger partial charge in [0.05, 0.1) is 17.1 Å².